The summed E-state index contributed by atoms with van der Waals surface area (Å²) in [6, 6.07) is 5.52. The van der Waals surface area contributed by atoms with Gasteiger partial charge in [0.25, 0.3) is 0 Å². The Bertz CT molecular complexity index is 757. The lowest BCUT2D eigenvalue weighted by Crippen LogP contribution is -2.17. The summed E-state index contributed by atoms with van der Waals surface area (Å²) in [5, 5.41) is 3.73. The van der Waals surface area contributed by atoms with Crippen molar-refractivity contribution in [2.45, 2.75) is 53.3 Å². The Labute approximate surface area is 176 Å². The molecule has 0 radical (unpaired) electrons. The highest BCUT2D eigenvalue weighted by Crippen LogP contribution is 2.35. The number of allylic oxidation sites excluding steroid dienone is 5. The third kappa shape index (κ3) is 8.01. The first-order valence-electron chi connectivity index (χ1n) is 9.71. The zero-order valence-electron chi connectivity index (χ0n) is 17.4. The van der Waals surface area contributed by atoms with E-state index in [1.807, 2.05) is 19.1 Å². The van der Waals surface area contributed by atoms with Crippen molar-refractivity contribution < 1.29 is 17.9 Å². The van der Waals surface area contributed by atoms with Crippen LogP contribution in [0.2, 0.25) is 0 Å². The van der Waals surface area contributed by atoms with Crippen molar-refractivity contribution in [1.82, 2.24) is 0 Å². The Hall–Kier alpha value is -2.14. The molecule has 0 saturated heterocycles. The molecule has 160 valence electrons. The Kier molecular flexibility index (Phi) is 10.1. The largest absolute Gasteiger partial charge is 0.573 e. The first-order chi connectivity index (χ1) is 13.7. The Morgan fingerprint density at radius 1 is 1.17 bits per heavy atom. The summed E-state index contributed by atoms with van der Waals surface area (Å²) < 4.78 is 40.9. The van der Waals surface area contributed by atoms with E-state index in [1.54, 1.807) is 0 Å². The molecule has 6 heteroatoms. The smallest absolute Gasteiger partial charge is 0.406 e. The highest BCUT2D eigenvalue weighted by atomic mass is 35.5. The van der Waals surface area contributed by atoms with E-state index < -0.39 is 6.36 Å². The molecule has 0 spiro atoms. The third-order valence-electron chi connectivity index (χ3n) is 4.37. The van der Waals surface area contributed by atoms with Crippen LogP contribution in [-0.2, 0) is 0 Å². The Morgan fingerprint density at radius 3 is 2.21 bits per heavy atom. The highest BCUT2D eigenvalue weighted by Gasteiger charge is 2.31. The Morgan fingerprint density at radius 2 is 1.76 bits per heavy atom. The fourth-order valence-electron chi connectivity index (χ4n) is 3.08. The summed E-state index contributed by atoms with van der Waals surface area (Å²) in [6.07, 6.45) is 3.89. The molecular formula is C23H29ClF3NO. The zero-order valence-corrected chi connectivity index (χ0v) is 18.1. The second kappa shape index (κ2) is 11.8. The van der Waals surface area contributed by atoms with Gasteiger partial charge in [0, 0.05) is 22.0 Å². The summed E-state index contributed by atoms with van der Waals surface area (Å²) in [4.78, 5) is 0. The van der Waals surface area contributed by atoms with Gasteiger partial charge in [-0.15, -0.1) is 13.2 Å². The predicted molar refractivity (Wildman–Crippen MR) is 116 cm³/mol. The van der Waals surface area contributed by atoms with Crippen molar-refractivity contribution in [1.29, 1.82) is 0 Å². The minimum absolute atomic E-state index is 0.278. The summed E-state index contributed by atoms with van der Waals surface area (Å²) in [5.74, 6) is 0.0463. The maximum absolute atomic E-state index is 12.3. The molecule has 0 aliphatic carbocycles. The van der Waals surface area contributed by atoms with Crippen LogP contribution >= 0.6 is 11.6 Å². The first kappa shape index (κ1) is 24.9. The van der Waals surface area contributed by atoms with E-state index in [0.717, 1.165) is 30.4 Å². The lowest BCUT2D eigenvalue weighted by atomic mass is 9.86. The van der Waals surface area contributed by atoms with E-state index in [9.17, 15) is 13.2 Å². The lowest BCUT2D eigenvalue weighted by Gasteiger charge is -2.24. The summed E-state index contributed by atoms with van der Waals surface area (Å²) in [6.45, 7) is 12.4. The van der Waals surface area contributed by atoms with Crippen molar-refractivity contribution >= 4 is 17.3 Å². The molecule has 0 bridgehead atoms. The average molecular weight is 428 g/mol. The minimum Gasteiger partial charge on any atom is -0.406 e. The summed E-state index contributed by atoms with van der Waals surface area (Å²) in [5.41, 5.74) is 3.11. The molecule has 0 aliphatic rings. The molecule has 1 aromatic carbocycles. The van der Waals surface area contributed by atoms with Gasteiger partial charge in [-0.3, -0.25) is 0 Å². The molecule has 1 aromatic rings. The van der Waals surface area contributed by atoms with Crippen LogP contribution < -0.4 is 10.1 Å². The second-order valence-electron chi connectivity index (χ2n) is 6.48. The molecule has 0 saturated carbocycles. The SMILES string of the molecule is C=C(Nc1ccc(OC(F)(F)F)cc1)C(/C(=C/CC)C(CC)CC)=C(Cl)\C=C/C. The second-order valence-corrected chi connectivity index (χ2v) is 6.89. The highest BCUT2D eigenvalue weighted by molar-refractivity contribution is 6.32. The first-order valence-corrected chi connectivity index (χ1v) is 10.1. The van der Waals surface area contributed by atoms with Crippen LogP contribution in [0.1, 0.15) is 47.0 Å². The lowest BCUT2D eigenvalue weighted by molar-refractivity contribution is -0.274. The molecule has 0 heterocycles. The molecule has 1 N–H and O–H groups in total. The van der Waals surface area contributed by atoms with Crippen molar-refractivity contribution in [3.8, 4) is 5.75 Å². The van der Waals surface area contributed by atoms with Crippen molar-refractivity contribution in [3.05, 3.63) is 70.9 Å². The van der Waals surface area contributed by atoms with Gasteiger partial charge in [0.15, 0.2) is 0 Å². The predicted octanol–water partition coefficient (Wildman–Crippen LogP) is 8.35. The van der Waals surface area contributed by atoms with Crippen LogP contribution in [0.25, 0.3) is 0 Å². The van der Waals surface area contributed by atoms with Crippen LogP contribution in [0.5, 0.6) is 5.75 Å². The fraction of sp³-hybridized carbons (Fsp3) is 0.391. The van der Waals surface area contributed by atoms with Gasteiger partial charge < -0.3 is 10.1 Å². The number of benzene rings is 1. The number of ether oxygens (including phenoxy) is 1. The van der Waals surface area contributed by atoms with Gasteiger partial charge in [-0.05, 0) is 68.0 Å². The third-order valence-corrected chi connectivity index (χ3v) is 4.69. The van der Waals surface area contributed by atoms with E-state index in [0.29, 0.717) is 22.3 Å². The van der Waals surface area contributed by atoms with E-state index in [-0.39, 0.29) is 5.75 Å². The zero-order chi connectivity index (χ0) is 22.0. The number of hydrogen-bond acceptors (Lipinski definition) is 2. The van der Waals surface area contributed by atoms with E-state index in [4.69, 9.17) is 11.6 Å². The van der Waals surface area contributed by atoms with Crippen molar-refractivity contribution in [2.75, 3.05) is 5.32 Å². The number of hydrogen-bond donors (Lipinski definition) is 1. The molecule has 0 amide bonds. The Balaban J connectivity index is 3.23. The maximum atomic E-state index is 12.3. The monoisotopic (exact) mass is 427 g/mol. The molecule has 0 aliphatic heterocycles. The van der Waals surface area contributed by atoms with Crippen LogP contribution in [0.15, 0.2) is 70.9 Å². The quantitative estimate of drug-likeness (QED) is 0.379. The van der Waals surface area contributed by atoms with E-state index in [1.165, 1.54) is 24.3 Å². The number of nitrogens with one attached hydrogen (secondary N) is 1. The topological polar surface area (TPSA) is 21.3 Å². The van der Waals surface area contributed by atoms with Gasteiger partial charge in [0.05, 0.1) is 0 Å². The molecule has 0 fully saturated rings. The maximum Gasteiger partial charge on any atom is 0.573 e. The molecular weight excluding hydrogens is 399 g/mol. The van der Waals surface area contributed by atoms with Gasteiger partial charge >= 0.3 is 6.36 Å². The average Bonchev–Trinajstić information content (AvgIpc) is 2.63. The molecule has 2 nitrogen and oxygen atoms in total. The summed E-state index contributed by atoms with van der Waals surface area (Å²) in [7, 11) is 0. The normalized spacial score (nSPS) is 13.6. The molecule has 29 heavy (non-hydrogen) atoms. The van der Waals surface area contributed by atoms with E-state index >= 15 is 0 Å². The van der Waals surface area contributed by atoms with Gasteiger partial charge in [-0.25, -0.2) is 0 Å². The number of alkyl halides is 3. The number of anilines is 1. The van der Waals surface area contributed by atoms with E-state index in [2.05, 4.69) is 43.5 Å². The van der Waals surface area contributed by atoms with Crippen LogP contribution in [0.4, 0.5) is 18.9 Å². The number of halogens is 4. The van der Waals surface area contributed by atoms with Gasteiger partial charge in [-0.1, -0.05) is 51.1 Å². The molecule has 0 unspecified atom stereocenters. The van der Waals surface area contributed by atoms with Gasteiger partial charge in [-0.2, -0.15) is 0 Å². The van der Waals surface area contributed by atoms with Crippen molar-refractivity contribution in [3.63, 3.8) is 0 Å². The molecule has 0 aromatic heterocycles. The standard InChI is InChI=1S/C23H29ClF3NO/c1-6-10-20(17(8-3)9-4)22(21(24)11-7-2)16(5)28-18-12-14-19(15-13-18)29-23(25,26)27/h7,10-15,17,28H,5-6,8-9H2,1-4H3/b11-7-,20-10+,22-21-. The summed E-state index contributed by atoms with van der Waals surface area (Å²) >= 11 is 6.60. The van der Waals surface area contributed by atoms with Crippen LogP contribution in [-0.4, -0.2) is 6.36 Å². The minimum atomic E-state index is -4.72. The van der Waals surface area contributed by atoms with Crippen molar-refractivity contribution in [2.24, 2.45) is 5.92 Å². The molecule has 1 rings (SSSR count). The van der Waals surface area contributed by atoms with Crippen LogP contribution in [0.3, 0.4) is 0 Å². The van der Waals surface area contributed by atoms with Gasteiger partial charge in [0.2, 0.25) is 0 Å². The van der Waals surface area contributed by atoms with Crippen LogP contribution in [0, 0.1) is 5.92 Å². The van der Waals surface area contributed by atoms with Gasteiger partial charge in [0.1, 0.15) is 5.75 Å². The fourth-order valence-corrected chi connectivity index (χ4v) is 3.43. The number of rotatable bonds is 10. The molecule has 0 atom stereocenters.